The zero-order valence-corrected chi connectivity index (χ0v) is 11.1. The van der Waals surface area contributed by atoms with Gasteiger partial charge in [-0.05, 0) is 37.6 Å². The minimum Gasteiger partial charge on any atom is -0.325 e. The fraction of sp³-hybridized carbons (Fsp3) is 0.200. The van der Waals surface area contributed by atoms with Gasteiger partial charge in [0.15, 0.2) is 0 Å². The highest BCUT2D eigenvalue weighted by molar-refractivity contribution is 5.69. The van der Waals surface area contributed by atoms with Crippen molar-refractivity contribution in [3.8, 4) is 11.4 Å². The van der Waals surface area contributed by atoms with E-state index < -0.39 is 0 Å². The number of rotatable bonds is 2. The van der Waals surface area contributed by atoms with Crippen LogP contribution in [0.3, 0.4) is 0 Å². The lowest BCUT2D eigenvalue weighted by atomic mass is 10.2. The first-order valence-electron chi connectivity index (χ1n) is 6.29. The third kappa shape index (κ3) is 1.90. The maximum atomic E-state index is 5.56. The highest BCUT2D eigenvalue weighted by Gasteiger charge is 2.12. The van der Waals surface area contributed by atoms with Gasteiger partial charge in [0.05, 0.1) is 23.8 Å². The van der Waals surface area contributed by atoms with E-state index in [1.54, 1.807) is 12.4 Å². The molecule has 2 N–H and O–H groups in total. The molecular weight excluding hydrogens is 236 g/mol. The summed E-state index contributed by atoms with van der Waals surface area (Å²) in [7, 11) is 0. The Morgan fingerprint density at radius 3 is 2.68 bits per heavy atom. The van der Waals surface area contributed by atoms with E-state index in [9.17, 15) is 0 Å². The molecule has 3 heterocycles. The van der Waals surface area contributed by atoms with Crippen molar-refractivity contribution in [1.82, 2.24) is 14.4 Å². The van der Waals surface area contributed by atoms with E-state index in [1.165, 1.54) is 16.8 Å². The van der Waals surface area contributed by atoms with Crippen LogP contribution in [0.15, 0.2) is 36.7 Å². The third-order valence-corrected chi connectivity index (χ3v) is 3.33. The van der Waals surface area contributed by atoms with E-state index in [2.05, 4.69) is 52.5 Å². The van der Waals surface area contributed by atoms with Crippen LogP contribution in [0, 0.1) is 13.8 Å². The Hall–Kier alpha value is -2.20. The molecule has 0 unspecified atom stereocenters. The summed E-state index contributed by atoms with van der Waals surface area (Å²) >= 11 is 0. The standard InChI is InChI=1S/C15H16N4/c1-10-6-13-5-3-4-11(2)19(13)15(10)14-9-17-12(7-16)8-18-14/h3-6,8-9H,7,16H2,1-2H3. The van der Waals surface area contributed by atoms with Crippen LogP contribution >= 0.6 is 0 Å². The minimum absolute atomic E-state index is 0.417. The van der Waals surface area contributed by atoms with Crippen molar-refractivity contribution >= 4 is 5.52 Å². The van der Waals surface area contributed by atoms with E-state index in [1.807, 2.05) is 0 Å². The molecule has 0 saturated carbocycles. The summed E-state index contributed by atoms with van der Waals surface area (Å²) in [5.41, 5.74) is 11.9. The Bertz CT molecular complexity index is 726. The first-order valence-corrected chi connectivity index (χ1v) is 6.29. The summed E-state index contributed by atoms with van der Waals surface area (Å²) in [4.78, 5) is 8.81. The lowest BCUT2D eigenvalue weighted by Gasteiger charge is -2.07. The molecule has 96 valence electrons. The number of aromatic nitrogens is 3. The SMILES string of the molecule is Cc1cc2cccc(C)n2c1-c1cnc(CN)cn1. The number of hydrogen-bond donors (Lipinski definition) is 1. The Labute approximate surface area is 111 Å². The second kappa shape index (κ2) is 4.48. The summed E-state index contributed by atoms with van der Waals surface area (Å²) < 4.78 is 2.21. The summed E-state index contributed by atoms with van der Waals surface area (Å²) in [6.45, 7) is 4.61. The highest BCUT2D eigenvalue weighted by atomic mass is 14.9. The van der Waals surface area contributed by atoms with Crippen LogP contribution in [-0.2, 0) is 6.54 Å². The van der Waals surface area contributed by atoms with Gasteiger partial charge in [0, 0.05) is 17.8 Å². The van der Waals surface area contributed by atoms with Crippen molar-refractivity contribution in [3.05, 3.63) is 53.6 Å². The second-order valence-corrected chi connectivity index (χ2v) is 4.70. The van der Waals surface area contributed by atoms with Gasteiger partial charge in [-0.25, -0.2) is 0 Å². The third-order valence-electron chi connectivity index (χ3n) is 3.33. The second-order valence-electron chi connectivity index (χ2n) is 4.70. The summed E-state index contributed by atoms with van der Waals surface area (Å²) in [6.07, 6.45) is 3.54. The molecule has 19 heavy (non-hydrogen) atoms. The molecule has 0 aliphatic carbocycles. The molecule has 0 aromatic carbocycles. The minimum atomic E-state index is 0.417. The van der Waals surface area contributed by atoms with Crippen molar-refractivity contribution < 1.29 is 0 Å². The topological polar surface area (TPSA) is 56.2 Å². The lowest BCUT2D eigenvalue weighted by Crippen LogP contribution is -2.02. The van der Waals surface area contributed by atoms with E-state index >= 15 is 0 Å². The van der Waals surface area contributed by atoms with Crippen molar-refractivity contribution in [2.45, 2.75) is 20.4 Å². The van der Waals surface area contributed by atoms with Crippen LogP contribution in [0.25, 0.3) is 16.9 Å². The fourth-order valence-electron chi connectivity index (χ4n) is 2.42. The zero-order chi connectivity index (χ0) is 13.4. The molecule has 0 aliphatic heterocycles. The Morgan fingerprint density at radius 2 is 2.00 bits per heavy atom. The van der Waals surface area contributed by atoms with Crippen molar-refractivity contribution in [2.24, 2.45) is 5.73 Å². The van der Waals surface area contributed by atoms with Gasteiger partial charge in [0.1, 0.15) is 5.69 Å². The van der Waals surface area contributed by atoms with Gasteiger partial charge in [-0.1, -0.05) is 6.07 Å². The quantitative estimate of drug-likeness (QED) is 0.762. The fourth-order valence-corrected chi connectivity index (χ4v) is 2.42. The molecule has 0 amide bonds. The first-order chi connectivity index (χ1) is 9.20. The average Bonchev–Trinajstić information content (AvgIpc) is 2.76. The number of aryl methyl sites for hydroxylation is 2. The number of nitrogens with zero attached hydrogens (tertiary/aromatic N) is 3. The predicted molar refractivity (Wildman–Crippen MR) is 75.8 cm³/mol. The van der Waals surface area contributed by atoms with E-state index in [0.717, 1.165) is 17.1 Å². The van der Waals surface area contributed by atoms with Crippen LogP contribution in [0.1, 0.15) is 17.0 Å². The van der Waals surface area contributed by atoms with Gasteiger partial charge in [-0.3, -0.25) is 9.97 Å². The zero-order valence-electron chi connectivity index (χ0n) is 11.1. The molecule has 0 radical (unpaired) electrons. The van der Waals surface area contributed by atoms with E-state index in [0.29, 0.717) is 6.54 Å². The van der Waals surface area contributed by atoms with Crippen LogP contribution in [-0.4, -0.2) is 14.4 Å². The van der Waals surface area contributed by atoms with Crippen LogP contribution in [0.2, 0.25) is 0 Å². The number of pyridine rings is 1. The maximum absolute atomic E-state index is 5.56. The van der Waals surface area contributed by atoms with Gasteiger partial charge in [-0.2, -0.15) is 0 Å². The Kier molecular flexibility index (Phi) is 2.80. The van der Waals surface area contributed by atoms with Gasteiger partial charge in [0.25, 0.3) is 0 Å². The normalized spacial score (nSPS) is 11.1. The molecule has 3 aromatic heterocycles. The van der Waals surface area contributed by atoms with E-state index in [4.69, 9.17) is 5.73 Å². The lowest BCUT2D eigenvalue weighted by molar-refractivity contribution is 0.960. The smallest absolute Gasteiger partial charge is 0.106 e. The summed E-state index contributed by atoms with van der Waals surface area (Å²) in [6, 6.07) is 8.43. The van der Waals surface area contributed by atoms with Crippen LogP contribution in [0.5, 0.6) is 0 Å². The van der Waals surface area contributed by atoms with Gasteiger partial charge in [0.2, 0.25) is 0 Å². The number of hydrogen-bond acceptors (Lipinski definition) is 3. The molecule has 0 spiro atoms. The van der Waals surface area contributed by atoms with Crippen molar-refractivity contribution in [1.29, 1.82) is 0 Å². The van der Waals surface area contributed by atoms with Crippen molar-refractivity contribution in [3.63, 3.8) is 0 Å². The van der Waals surface area contributed by atoms with Gasteiger partial charge >= 0.3 is 0 Å². The molecule has 0 saturated heterocycles. The number of fused-ring (bicyclic) bond motifs is 1. The summed E-state index contributed by atoms with van der Waals surface area (Å²) in [5.74, 6) is 0. The number of nitrogens with two attached hydrogens (primary N) is 1. The first kappa shape index (κ1) is 11.9. The molecule has 0 aliphatic rings. The molecule has 4 heteroatoms. The van der Waals surface area contributed by atoms with Crippen LogP contribution < -0.4 is 5.73 Å². The highest BCUT2D eigenvalue weighted by Crippen LogP contribution is 2.26. The molecular formula is C15H16N4. The van der Waals surface area contributed by atoms with Crippen molar-refractivity contribution in [2.75, 3.05) is 0 Å². The monoisotopic (exact) mass is 252 g/mol. The van der Waals surface area contributed by atoms with Crippen LogP contribution in [0.4, 0.5) is 0 Å². The molecule has 0 atom stereocenters. The molecule has 4 nitrogen and oxygen atoms in total. The molecule has 3 aromatic rings. The van der Waals surface area contributed by atoms with Gasteiger partial charge in [-0.15, -0.1) is 0 Å². The summed E-state index contributed by atoms with van der Waals surface area (Å²) in [5, 5.41) is 0. The largest absolute Gasteiger partial charge is 0.325 e. The molecule has 3 rings (SSSR count). The van der Waals surface area contributed by atoms with E-state index in [-0.39, 0.29) is 0 Å². The Morgan fingerprint density at radius 1 is 1.16 bits per heavy atom. The average molecular weight is 252 g/mol. The van der Waals surface area contributed by atoms with Gasteiger partial charge < -0.3 is 10.1 Å². The predicted octanol–water partition coefficient (Wildman–Crippen LogP) is 2.47. The maximum Gasteiger partial charge on any atom is 0.106 e. The molecule has 0 bridgehead atoms. The Balaban J connectivity index is 2.26. The molecule has 0 fully saturated rings.